The van der Waals surface area contributed by atoms with Crippen molar-refractivity contribution in [2.75, 3.05) is 17.6 Å². The largest absolute Gasteiger partial charge is 0.381 e. The number of nitrogens with two attached hydrogens (primary N) is 1. The lowest BCUT2D eigenvalue weighted by atomic mass is 10.4. The zero-order valence-corrected chi connectivity index (χ0v) is 8.04. The average molecular weight is 210 g/mol. The number of hydrogen-bond acceptors (Lipinski definition) is 5. The van der Waals surface area contributed by atoms with Crippen LogP contribution in [-0.2, 0) is 0 Å². The molecule has 0 aromatic carbocycles. The van der Waals surface area contributed by atoms with Gasteiger partial charge in [-0.25, -0.2) is 9.97 Å². The van der Waals surface area contributed by atoms with Crippen LogP contribution in [0, 0.1) is 11.3 Å². The van der Waals surface area contributed by atoms with E-state index in [4.69, 9.17) is 22.6 Å². The molecule has 5 nitrogen and oxygen atoms in total. The van der Waals surface area contributed by atoms with Gasteiger partial charge in [0.25, 0.3) is 0 Å². The van der Waals surface area contributed by atoms with Crippen LogP contribution in [0.25, 0.3) is 0 Å². The molecule has 6 heteroatoms. The van der Waals surface area contributed by atoms with E-state index in [0.717, 1.165) is 0 Å². The number of rotatable bonds is 3. The van der Waals surface area contributed by atoms with Crippen molar-refractivity contribution in [1.82, 2.24) is 9.97 Å². The van der Waals surface area contributed by atoms with Crippen LogP contribution in [0.3, 0.4) is 0 Å². The van der Waals surface area contributed by atoms with Crippen molar-refractivity contribution in [2.45, 2.75) is 0 Å². The maximum atomic E-state index is 8.58. The third-order valence-corrected chi connectivity index (χ3v) is 1.66. The van der Waals surface area contributed by atoms with E-state index in [2.05, 4.69) is 21.9 Å². The molecule has 1 rings (SSSR count). The molecule has 0 atom stereocenters. The molecule has 0 saturated heterocycles. The molecular weight excluding hydrogens is 202 g/mol. The number of nitrogen functional groups attached to an aromatic ring is 1. The zero-order chi connectivity index (χ0) is 10.6. The van der Waals surface area contributed by atoms with Gasteiger partial charge in [-0.05, 0) is 0 Å². The maximum absolute atomic E-state index is 8.58. The fourth-order valence-corrected chi connectivity index (χ4v) is 0.985. The van der Waals surface area contributed by atoms with Gasteiger partial charge in [0.1, 0.15) is 6.07 Å². The Kier molecular flexibility index (Phi) is 3.26. The first kappa shape index (κ1) is 10.3. The number of nitrogens with zero attached hydrogens (tertiary/aromatic N) is 3. The van der Waals surface area contributed by atoms with Crippen molar-refractivity contribution in [1.29, 1.82) is 5.26 Å². The Morgan fingerprint density at radius 3 is 2.93 bits per heavy atom. The van der Waals surface area contributed by atoms with E-state index in [-0.39, 0.29) is 16.7 Å². The summed E-state index contributed by atoms with van der Waals surface area (Å²) in [6.07, 6.45) is 1.65. The highest BCUT2D eigenvalue weighted by Gasteiger charge is 2.08. The van der Waals surface area contributed by atoms with Crippen LogP contribution in [0.15, 0.2) is 12.7 Å². The molecule has 0 unspecified atom stereocenters. The minimum Gasteiger partial charge on any atom is -0.381 e. The Balaban J connectivity index is 3.03. The second-order valence-electron chi connectivity index (χ2n) is 2.38. The summed E-state index contributed by atoms with van der Waals surface area (Å²) >= 11 is 5.74. The van der Waals surface area contributed by atoms with E-state index in [9.17, 15) is 0 Å². The third kappa shape index (κ3) is 2.12. The Morgan fingerprint density at radius 2 is 2.36 bits per heavy atom. The van der Waals surface area contributed by atoms with E-state index in [0.29, 0.717) is 12.4 Å². The Bertz CT molecular complexity index is 395. The van der Waals surface area contributed by atoms with Crippen molar-refractivity contribution >= 4 is 23.2 Å². The number of aromatic nitrogens is 2. The van der Waals surface area contributed by atoms with Gasteiger partial charge in [0.15, 0.2) is 22.5 Å². The number of halogens is 1. The van der Waals surface area contributed by atoms with Crippen molar-refractivity contribution < 1.29 is 0 Å². The van der Waals surface area contributed by atoms with Crippen molar-refractivity contribution in [3.8, 4) is 6.07 Å². The lowest BCUT2D eigenvalue weighted by Crippen LogP contribution is -2.06. The standard InChI is InChI=1S/C8H8ClN5/c1-2-3-12-8-6(9)13-5(4-10)7(11)14-8/h2H,1,3H2,(H3,11,12,14). The highest BCUT2D eigenvalue weighted by Crippen LogP contribution is 2.19. The molecule has 1 aromatic rings. The van der Waals surface area contributed by atoms with Crippen LogP contribution in [0.4, 0.5) is 11.6 Å². The predicted octanol–water partition coefficient (Wildman–Crippen LogP) is 1.18. The summed E-state index contributed by atoms with van der Waals surface area (Å²) in [5, 5.41) is 11.5. The molecule has 0 aliphatic heterocycles. The molecule has 0 fully saturated rings. The molecule has 0 saturated carbocycles. The van der Waals surface area contributed by atoms with Crippen molar-refractivity contribution in [2.24, 2.45) is 0 Å². The molecule has 3 N–H and O–H groups in total. The summed E-state index contributed by atoms with van der Waals surface area (Å²) in [5.74, 6) is 0.409. The van der Waals surface area contributed by atoms with Crippen LogP contribution in [0.1, 0.15) is 5.69 Å². The smallest absolute Gasteiger partial charge is 0.184 e. The number of nitriles is 1. The van der Waals surface area contributed by atoms with Crippen LogP contribution in [0.5, 0.6) is 0 Å². The summed E-state index contributed by atoms with van der Waals surface area (Å²) in [4.78, 5) is 7.65. The minimum absolute atomic E-state index is 0.0270. The number of nitrogens with one attached hydrogen (secondary N) is 1. The summed E-state index contributed by atoms with van der Waals surface area (Å²) in [5.41, 5.74) is 5.48. The topological polar surface area (TPSA) is 87.6 Å². The van der Waals surface area contributed by atoms with Gasteiger partial charge in [-0.1, -0.05) is 17.7 Å². The Hall–Kier alpha value is -1.80. The monoisotopic (exact) mass is 209 g/mol. The highest BCUT2D eigenvalue weighted by molar-refractivity contribution is 6.31. The quantitative estimate of drug-likeness (QED) is 0.730. The fourth-order valence-electron chi connectivity index (χ4n) is 0.791. The first-order valence-electron chi connectivity index (χ1n) is 3.77. The van der Waals surface area contributed by atoms with Gasteiger partial charge >= 0.3 is 0 Å². The maximum Gasteiger partial charge on any atom is 0.184 e. The molecule has 1 heterocycles. The van der Waals surface area contributed by atoms with E-state index >= 15 is 0 Å². The highest BCUT2D eigenvalue weighted by atomic mass is 35.5. The van der Waals surface area contributed by atoms with Crippen LogP contribution < -0.4 is 11.1 Å². The molecule has 0 spiro atoms. The van der Waals surface area contributed by atoms with Gasteiger partial charge in [0, 0.05) is 6.54 Å². The van der Waals surface area contributed by atoms with Crippen molar-refractivity contribution in [3.63, 3.8) is 0 Å². The second-order valence-corrected chi connectivity index (χ2v) is 2.74. The summed E-state index contributed by atoms with van der Waals surface area (Å²) < 4.78 is 0. The van der Waals surface area contributed by atoms with E-state index < -0.39 is 0 Å². The number of hydrogen-bond donors (Lipinski definition) is 2. The summed E-state index contributed by atoms with van der Waals surface area (Å²) in [6, 6.07) is 1.79. The molecule has 0 radical (unpaired) electrons. The van der Waals surface area contributed by atoms with E-state index in [1.807, 2.05) is 0 Å². The van der Waals surface area contributed by atoms with Gasteiger partial charge in [0.2, 0.25) is 0 Å². The third-order valence-electron chi connectivity index (χ3n) is 1.40. The first-order chi connectivity index (χ1) is 6.69. The minimum atomic E-state index is 0.0270. The Morgan fingerprint density at radius 1 is 1.64 bits per heavy atom. The van der Waals surface area contributed by atoms with Crippen LogP contribution in [0.2, 0.25) is 5.15 Å². The normalized spacial score (nSPS) is 9.14. The van der Waals surface area contributed by atoms with Gasteiger partial charge < -0.3 is 11.1 Å². The van der Waals surface area contributed by atoms with Gasteiger partial charge in [-0.15, -0.1) is 6.58 Å². The molecule has 72 valence electrons. The fraction of sp³-hybridized carbons (Fsp3) is 0.125. The van der Waals surface area contributed by atoms with Gasteiger partial charge in [-0.3, -0.25) is 0 Å². The molecule has 0 aliphatic rings. The molecule has 0 aliphatic carbocycles. The second kappa shape index (κ2) is 4.44. The lowest BCUT2D eigenvalue weighted by Gasteiger charge is -2.05. The predicted molar refractivity (Wildman–Crippen MR) is 54.9 cm³/mol. The molecular formula is C8H8ClN5. The lowest BCUT2D eigenvalue weighted by molar-refractivity contribution is 1.14. The van der Waals surface area contributed by atoms with Crippen molar-refractivity contribution in [3.05, 3.63) is 23.5 Å². The van der Waals surface area contributed by atoms with E-state index in [1.165, 1.54) is 0 Å². The van der Waals surface area contributed by atoms with Crippen LogP contribution >= 0.6 is 11.6 Å². The summed E-state index contributed by atoms with van der Waals surface area (Å²) in [6.45, 7) is 4.02. The van der Waals surface area contributed by atoms with Gasteiger partial charge in [-0.2, -0.15) is 5.26 Å². The molecule has 0 bridgehead atoms. The average Bonchev–Trinajstić information content (AvgIpc) is 2.18. The van der Waals surface area contributed by atoms with E-state index in [1.54, 1.807) is 12.1 Å². The van der Waals surface area contributed by atoms with Crippen LogP contribution in [-0.4, -0.2) is 16.5 Å². The molecule has 1 aromatic heterocycles. The van der Waals surface area contributed by atoms with Gasteiger partial charge in [0.05, 0.1) is 0 Å². The molecule has 14 heavy (non-hydrogen) atoms. The molecule has 0 amide bonds. The first-order valence-corrected chi connectivity index (χ1v) is 4.14. The zero-order valence-electron chi connectivity index (χ0n) is 7.29. The summed E-state index contributed by atoms with van der Waals surface area (Å²) in [7, 11) is 0. The SMILES string of the molecule is C=CCNc1nc(N)c(C#N)nc1Cl. The number of anilines is 2. The Labute approximate surface area is 86.2 Å².